The van der Waals surface area contributed by atoms with E-state index >= 15 is 0 Å². The number of fused-ring (bicyclic) bond motifs is 3. The van der Waals surface area contributed by atoms with E-state index in [0.29, 0.717) is 0 Å². The molecule has 0 saturated carbocycles. The molecule has 0 aliphatic heterocycles. The van der Waals surface area contributed by atoms with Crippen LogP contribution in [-0.2, 0) is 32.9 Å². The monoisotopic (exact) mass is 883 g/mol. The minimum absolute atomic E-state index is 0. The third-order valence-corrected chi connectivity index (χ3v) is 12.8. The zero-order valence-electron chi connectivity index (χ0n) is 29.5. The van der Waals surface area contributed by atoms with Crippen LogP contribution in [-0.4, -0.2) is 23.2 Å². The molecule has 3 aromatic heterocycles. The summed E-state index contributed by atoms with van der Waals surface area (Å²) >= 11 is -1.96. The Labute approximate surface area is 307 Å². The van der Waals surface area contributed by atoms with Crippen LogP contribution in [0.25, 0.3) is 44.5 Å². The Balaban J connectivity index is 0.000000188. The van der Waals surface area contributed by atoms with Crippen molar-refractivity contribution in [1.82, 2.24) is 9.97 Å². The van der Waals surface area contributed by atoms with Gasteiger partial charge in [0, 0.05) is 31.7 Å². The molecular formula is C44H44GeIrN2O-2. The fourth-order valence-corrected chi connectivity index (χ4v) is 9.51. The average molecular weight is 882 g/mol. The van der Waals surface area contributed by atoms with Crippen LogP contribution >= 0.6 is 0 Å². The van der Waals surface area contributed by atoms with E-state index in [1.807, 2.05) is 30.5 Å². The van der Waals surface area contributed by atoms with Gasteiger partial charge in [0.25, 0.3) is 0 Å². The van der Waals surface area contributed by atoms with Gasteiger partial charge in [-0.25, -0.2) is 0 Å². The normalized spacial score (nSPS) is 11.6. The number of hydrogen-bond donors (Lipinski definition) is 0. The number of aryl methyl sites for hydroxylation is 1. The van der Waals surface area contributed by atoms with Gasteiger partial charge in [0.05, 0.1) is 5.58 Å². The summed E-state index contributed by atoms with van der Waals surface area (Å²) in [7, 11) is 0. The van der Waals surface area contributed by atoms with E-state index in [-0.39, 0.29) is 25.5 Å². The third kappa shape index (κ3) is 9.05. The Morgan fingerprint density at radius 3 is 2.22 bits per heavy atom. The number of furan rings is 1. The number of hydrogen-bond acceptors (Lipinski definition) is 3. The fraction of sp³-hybridized carbons (Fsp3) is 0.227. The van der Waals surface area contributed by atoms with Gasteiger partial charge in [0.1, 0.15) is 5.58 Å². The Bertz CT molecular complexity index is 2160. The van der Waals surface area contributed by atoms with Crippen molar-refractivity contribution in [2.45, 2.75) is 57.8 Å². The van der Waals surface area contributed by atoms with Crippen molar-refractivity contribution in [1.29, 1.82) is 0 Å². The molecule has 0 atom stereocenters. The van der Waals surface area contributed by atoms with Crippen LogP contribution in [0.2, 0.25) is 17.3 Å². The molecule has 0 fully saturated rings. The molecule has 251 valence electrons. The molecule has 1 radical (unpaired) electrons. The summed E-state index contributed by atoms with van der Waals surface area (Å²) in [6, 6.07) is 42.3. The molecule has 0 aliphatic carbocycles. The van der Waals surface area contributed by atoms with Gasteiger partial charge in [-0.2, -0.15) is 0 Å². The minimum atomic E-state index is -1.96. The predicted molar refractivity (Wildman–Crippen MR) is 204 cm³/mol. The average Bonchev–Trinajstić information content (AvgIpc) is 3.42. The van der Waals surface area contributed by atoms with E-state index < -0.39 is 13.3 Å². The van der Waals surface area contributed by atoms with Crippen molar-refractivity contribution in [3.8, 4) is 22.5 Å². The maximum absolute atomic E-state index is 6.19. The summed E-state index contributed by atoms with van der Waals surface area (Å²) in [5, 5.41) is 2.26. The van der Waals surface area contributed by atoms with E-state index in [0.717, 1.165) is 57.3 Å². The molecule has 7 rings (SSSR count). The summed E-state index contributed by atoms with van der Waals surface area (Å²) in [5.41, 5.74) is 11.2. The van der Waals surface area contributed by atoms with Gasteiger partial charge < -0.3 is 9.40 Å². The molecular weight excluding hydrogens is 837 g/mol. The quantitative estimate of drug-likeness (QED) is 0.123. The Morgan fingerprint density at radius 2 is 1.51 bits per heavy atom. The van der Waals surface area contributed by atoms with Gasteiger partial charge in [0.15, 0.2) is 0 Å². The first-order valence-electron chi connectivity index (χ1n) is 16.7. The second-order valence-electron chi connectivity index (χ2n) is 14.9. The van der Waals surface area contributed by atoms with E-state index in [1.54, 1.807) is 0 Å². The predicted octanol–water partition coefficient (Wildman–Crippen LogP) is 11.0. The van der Waals surface area contributed by atoms with Crippen LogP contribution < -0.4 is 4.40 Å². The van der Waals surface area contributed by atoms with Crippen LogP contribution in [0.1, 0.15) is 43.0 Å². The van der Waals surface area contributed by atoms with Gasteiger partial charge in [-0.15, -0.1) is 18.2 Å². The summed E-state index contributed by atoms with van der Waals surface area (Å²) in [6.45, 7) is 8.84. The molecule has 3 nitrogen and oxygen atoms in total. The van der Waals surface area contributed by atoms with Crippen molar-refractivity contribution < 1.29 is 24.5 Å². The third-order valence-electron chi connectivity index (χ3n) is 8.42. The molecule has 0 unspecified atom stereocenters. The van der Waals surface area contributed by atoms with Crippen LogP contribution in [0.4, 0.5) is 0 Å². The SMILES string of the molecule is Cc1ccc2c(c1)oc1c(-c3cc(CC(C)(C)C)ccn3)[c-]ccc12.[CH3][Ge]([CH3])([CH3])[c]1cnc(-c2[c-]cccc2)cc1Cc1ccccc1.[Ir]. The van der Waals surface area contributed by atoms with Crippen LogP contribution in [0.3, 0.4) is 0 Å². The molecule has 0 N–H and O–H groups in total. The fourth-order valence-electron chi connectivity index (χ4n) is 6.21. The number of benzene rings is 4. The molecule has 3 heterocycles. The number of rotatable bonds is 6. The molecule has 0 amide bonds. The second kappa shape index (κ2) is 15.4. The summed E-state index contributed by atoms with van der Waals surface area (Å²) in [4.78, 5) is 9.32. The molecule has 4 aromatic carbocycles. The molecule has 7 aromatic rings. The van der Waals surface area contributed by atoms with E-state index in [2.05, 4.69) is 147 Å². The van der Waals surface area contributed by atoms with Crippen LogP contribution in [0.5, 0.6) is 0 Å². The first-order valence-corrected chi connectivity index (χ1v) is 24.1. The molecule has 0 saturated heterocycles. The summed E-state index contributed by atoms with van der Waals surface area (Å²) in [6.07, 6.45) is 5.99. The van der Waals surface area contributed by atoms with Crippen molar-refractivity contribution >= 4 is 39.6 Å². The Morgan fingerprint density at radius 1 is 0.735 bits per heavy atom. The molecule has 0 spiro atoms. The maximum Gasteiger partial charge on any atom is 0 e. The van der Waals surface area contributed by atoms with Gasteiger partial charge in [-0.1, -0.05) is 55.5 Å². The van der Waals surface area contributed by atoms with Gasteiger partial charge in [-0.3, -0.25) is 0 Å². The number of nitrogens with zero attached hydrogens (tertiary/aromatic N) is 2. The van der Waals surface area contributed by atoms with E-state index in [4.69, 9.17) is 9.40 Å². The van der Waals surface area contributed by atoms with Gasteiger partial charge in [0.2, 0.25) is 0 Å². The van der Waals surface area contributed by atoms with Gasteiger partial charge in [-0.05, 0) is 42.1 Å². The second-order valence-corrected chi connectivity index (χ2v) is 25.5. The standard InChI is InChI=1S/C23H22NO.C21H22GeN.Ir/c1-15-8-9-17-18-6-5-7-19(22(18)25-21(17)12-15)20-13-16(10-11-24-20)14-23(2,3)4;1-22(2,3)20-16-23-21(18-12-8-5-9-13-18)15-19(20)14-17-10-6-4-7-11-17;/h5-6,8-13H,14H2,1-4H3;4-12,15-16H,14H2,1-3H3;/q2*-1;. The van der Waals surface area contributed by atoms with E-state index in [9.17, 15) is 0 Å². The maximum atomic E-state index is 6.19. The van der Waals surface area contributed by atoms with E-state index in [1.165, 1.54) is 26.6 Å². The molecule has 0 bridgehead atoms. The number of aromatic nitrogens is 2. The first kappa shape index (κ1) is 36.5. The summed E-state index contributed by atoms with van der Waals surface area (Å²) in [5.74, 6) is 7.29. The van der Waals surface area contributed by atoms with Crippen LogP contribution in [0.15, 0.2) is 120 Å². The Kier molecular flexibility index (Phi) is 11.4. The largest absolute Gasteiger partial charge is 0 e. The molecule has 0 aliphatic rings. The van der Waals surface area contributed by atoms with Gasteiger partial charge >= 0.3 is 142 Å². The van der Waals surface area contributed by atoms with Crippen molar-refractivity contribution in [2.24, 2.45) is 5.41 Å². The minimum Gasteiger partial charge on any atom is 0 e. The van der Waals surface area contributed by atoms with Crippen molar-refractivity contribution in [3.63, 3.8) is 0 Å². The van der Waals surface area contributed by atoms with Crippen LogP contribution in [0, 0.1) is 24.5 Å². The van der Waals surface area contributed by atoms with Crippen molar-refractivity contribution in [2.75, 3.05) is 0 Å². The Hall–Kier alpha value is -3.83. The smallest absolute Gasteiger partial charge is 0 e. The summed E-state index contributed by atoms with van der Waals surface area (Å²) < 4.78 is 7.68. The topological polar surface area (TPSA) is 38.9 Å². The zero-order chi connectivity index (χ0) is 33.9. The zero-order valence-corrected chi connectivity index (χ0v) is 34.0. The van der Waals surface area contributed by atoms with Crippen molar-refractivity contribution in [3.05, 3.63) is 150 Å². The molecule has 49 heavy (non-hydrogen) atoms. The molecule has 5 heteroatoms. The first-order chi connectivity index (χ1) is 22.9. The number of pyridine rings is 2.